The molecule has 4 nitrogen and oxygen atoms in total. The lowest BCUT2D eigenvalue weighted by molar-refractivity contribution is -0.120. The lowest BCUT2D eigenvalue weighted by Crippen LogP contribution is -2.52. The zero-order valence-corrected chi connectivity index (χ0v) is 15.9. The van der Waals surface area contributed by atoms with Gasteiger partial charge >= 0.3 is 0 Å². The predicted octanol–water partition coefficient (Wildman–Crippen LogP) is 4.42. The Morgan fingerprint density at radius 2 is 1.68 bits per heavy atom. The van der Waals surface area contributed by atoms with Crippen LogP contribution in [0.5, 0.6) is 0 Å². The highest BCUT2D eigenvalue weighted by atomic mass is 79.9. The van der Waals surface area contributed by atoms with Gasteiger partial charge in [0.15, 0.2) is 0 Å². The minimum absolute atomic E-state index is 0.272. The van der Waals surface area contributed by atoms with Crippen LogP contribution in [0.25, 0.3) is 0 Å². The van der Waals surface area contributed by atoms with Gasteiger partial charge in [0.05, 0.1) is 8.66 Å². The number of rotatable bonds is 4. The zero-order chi connectivity index (χ0) is 16.3. The van der Waals surface area contributed by atoms with Crippen molar-refractivity contribution in [2.24, 2.45) is 0 Å². The smallest absolute Gasteiger partial charge is 0.262 e. The molecule has 116 valence electrons. The maximum Gasteiger partial charge on any atom is 0.262 e. The second-order valence-corrected chi connectivity index (χ2v) is 8.52. The molecule has 0 spiro atoms. The number of thiophene rings is 1. The van der Waals surface area contributed by atoms with Crippen LogP contribution in [0.1, 0.15) is 23.5 Å². The van der Waals surface area contributed by atoms with Gasteiger partial charge in [-0.1, -0.05) is 15.9 Å². The number of anilines is 1. The first-order valence-corrected chi connectivity index (χ1v) is 8.83. The third-order valence-electron chi connectivity index (χ3n) is 2.89. The SMILES string of the molecule is CC(C)(NC(=O)c1ccc(Br)s1)C(=O)Nc1ccc(Br)cc1. The van der Waals surface area contributed by atoms with E-state index >= 15 is 0 Å². The maximum absolute atomic E-state index is 12.3. The molecular formula is C15H14Br2N2O2S. The average molecular weight is 446 g/mol. The summed E-state index contributed by atoms with van der Waals surface area (Å²) in [5.41, 5.74) is -0.352. The van der Waals surface area contributed by atoms with Crippen molar-refractivity contribution in [1.82, 2.24) is 5.32 Å². The van der Waals surface area contributed by atoms with E-state index in [-0.39, 0.29) is 11.8 Å². The molecule has 7 heteroatoms. The molecule has 1 aromatic carbocycles. The van der Waals surface area contributed by atoms with E-state index in [2.05, 4.69) is 42.5 Å². The number of carbonyl (C=O) groups excluding carboxylic acids is 2. The molecule has 2 aromatic rings. The molecule has 0 radical (unpaired) electrons. The standard InChI is InChI=1S/C15H14Br2N2O2S/c1-15(2,19-13(20)11-7-8-12(17)22-11)14(21)18-10-5-3-9(16)4-6-10/h3-8H,1-2H3,(H,18,21)(H,19,20). The zero-order valence-electron chi connectivity index (χ0n) is 11.9. The molecule has 0 aliphatic carbocycles. The molecule has 0 aliphatic heterocycles. The topological polar surface area (TPSA) is 58.2 Å². The number of carbonyl (C=O) groups is 2. The Balaban J connectivity index is 2.03. The van der Waals surface area contributed by atoms with Crippen LogP contribution in [0.15, 0.2) is 44.7 Å². The lowest BCUT2D eigenvalue weighted by Gasteiger charge is -2.24. The average Bonchev–Trinajstić information content (AvgIpc) is 2.87. The van der Waals surface area contributed by atoms with Gasteiger partial charge in [0.1, 0.15) is 5.54 Å². The van der Waals surface area contributed by atoms with Crippen molar-refractivity contribution in [3.05, 3.63) is 49.5 Å². The molecule has 22 heavy (non-hydrogen) atoms. The van der Waals surface area contributed by atoms with Crippen LogP contribution in [-0.4, -0.2) is 17.4 Å². The van der Waals surface area contributed by atoms with E-state index in [9.17, 15) is 9.59 Å². The van der Waals surface area contributed by atoms with E-state index in [1.54, 1.807) is 38.1 Å². The monoisotopic (exact) mass is 444 g/mol. The largest absolute Gasteiger partial charge is 0.337 e. The fourth-order valence-electron chi connectivity index (χ4n) is 1.66. The number of amides is 2. The highest BCUT2D eigenvalue weighted by molar-refractivity contribution is 9.11. The highest BCUT2D eigenvalue weighted by Crippen LogP contribution is 2.23. The first kappa shape index (κ1) is 17.2. The highest BCUT2D eigenvalue weighted by Gasteiger charge is 2.30. The Hall–Kier alpha value is -1.18. The van der Waals surface area contributed by atoms with Crippen LogP contribution < -0.4 is 10.6 Å². The van der Waals surface area contributed by atoms with E-state index in [0.29, 0.717) is 10.6 Å². The van der Waals surface area contributed by atoms with Gasteiger partial charge in [0, 0.05) is 10.2 Å². The van der Waals surface area contributed by atoms with E-state index in [0.717, 1.165) is 8.26 Å². The van der Waals surface area contributed by atoms with Gasteiger partial charge in [0.2, 0.25) is 5.91 Å². The summed E-state index contributed by atoms with van der Waals surface area (Å²) in [6.07, 6.45) is 0. The van der Waals surface area contributed by atoms with Gasteiger partial charge in [-0.3, -0.25) is 9.59 Å². The van der Waals surface area contributed by atoms with Crippen LogP contribution in [0, 0.1) is 0 Å². The quantitative estimate of drug-likeness (QED) is 0.731. The second-order valence-electron chi connectivity index (χ2n) is 5.14. The maximum atomic E-state index is 12.3. The molecule has 2 amide bonds. The third-order valence-corrected chi connectivity index (χ3v) is 5.04. The molecule has 1 heterocycles. The van der Waals surface area contributed by atoms with Crippen LogP contribution in [-0.2, 0) is 4.79 Å². The lowest BCUT2D eigenvalue weighted by atomic mass is 10.0. The summed E-state index contributed by atoms with van der Waals surface area (Å²) in [7, 11) is 0. The van der Waals surface area contributed by atoms with Crippen LogP contribution in [0.4, 0.5) is 5.69 Å². The molecule has 2 rings (SSSR count). The van der Waals surface area contributed by atoms with Gasteiger partial charge in [-0.2, -0.15) is 0 Å². The molecule has 0 saturated carbocycles. The fourth-order valence-corrected chi connectivity index (χ4v) is 3.20. The number of hydrogen-bond acceptors (Lipinski definition) is 3. The normalized spacial score (nSPS) is 11.1. The van der Waals surface area contributed by atoms with Gasteiger partial charge < -0.3 is 10.6 Å². The van der Waals surface area contributed by atoms with Gasteiger partial charge in [-0.15, -0.1) is 11.3 Å². The van der Waals surface area contributed by atoms with Crippen molar-refractivity contribution >= 4 is 60.7 Å². The van der Waals surface area contributed by atoms with E-state index < -0.39 is 5.54 Å². The molecule has 1 aromatic heterocycles. The van der Waals surface area contributed by atoms with Crippen LogP contribution in [0.2, 0.25) is 0 Å². The van der Waals surface area contributed by atoms with E-state index in [4.69, 9.17) is 0 Å². The Kier molecular flexibility index (Phi) is 5.41. The summed E-state index contributed by atoms with van der Waals surface area (Å²) >= 11 is 7.98. The molecule has 0 atom stereocenters. The first-order chi connectivity index (χ1) is 10.3. The second kappa shape index (κ2) is 6.93. The Morgan fingerprint density at radius 1 is 1.05 bits per heavy atom. The predicted molar refractivity (Wildman–Crippen MR) is 96.3 cm³/mol. The molecule has 0 fully saturated rings. The van der Waals surface area contributed by atoms with Crippen molar-refractivity contribution in [3.8, 4) is 0 Å². The van der Waals surface area contributed by atoms with E-state index in [1.165, 1.54) is 11.3 Å². The first-order valence-electron chi connectivity index (χ1n) is 6.43. The van der Waals surface area contributed by atoms with Gasteiger partial charge in [-0.05, 0) is 66.2 Å². The van der Waals surface area contributed by atoms with Crippen molar-refractivity contribution in [1.29, 1.82) is 0 Å². The number of benzene rings is 1. The Labute approximate surface area is 149 Å². The molecule has 0 saturated heterocycles. The van der Waals surface area contributed by atoms with Crippen molar-refractivity contribution in [2.45, 2.75) is 19.4 Å². The Morgan fingerprint density at radius 3 is 2.23 bits per heavy atom. The molecule has 0 unspecified atom stereocenters. The number of halogens is 2. The number of nitrogens with one attached hydrogen (secondary N) is 2. The number of hydrogen-bond donors (Lipinski definition) is 2. The van der Waals surface area contributed by atoms with E-state index in [1.807, 2.05) is 12.1 Å². The minimum atomic E-state index is -1.03. The van der Waals surface area contributed by atoms with Crippen molar-refractivity contribution < 1.29 is 9.59 Å². The summed E-state index contributed by atoms with van der Waals surface area (Å²) in [4.78, 5) is 25.1. The summed E-state index contributed by atoms with van der Waals surface area (Å²) in [5, 5.41) is 5.54. The summed E-state index contributed by atoms with van der Waals surface area (Å²) in [6, 6.07) is 10.8. The summed E-state index contributed by atoms with van der Waals surface area (Å²) in [5.74, 6) is -0.551. The van der Waals surface area contributed by atoms with Crippen molar-refractivity contribution in [2.75, 3.05) is 5.32 Å². The van der Waals surface area contributed by atoms with Gasteiger partial charge in [-0.25, -0.2) is 0 Å². The Bertz CT molecular complexity index is 696. The molecule has 0 aliphatic rings. The molecule has 2 N–H and O–H groups in total. The van der Waals surface area contributed by atoms with Crippen molar-refractivity contribution in [3.63, 3.8) is 0 Å². The fraction of sp³-hybridized carbons (Fsp3) is 0.200. The van der Waals surface area contributed by atoms with Crippen LogP contribution in [0.3, 0.4) is 0 Å². The van der Waals surface area contributed by atoms with Gasteiger partial charge in [0.25, 0.3) is 5.91 Å². The summed E-state index contributed by atoms with van der Waals surface area (Å²) < 4.78 is 1.80. The summed E-state index contributed by atoms with van der Waals surface area (Å²) in [6.45, 7) is 3.34. The molecular weight excluding hydrogens is 432 g/mol. The minimum Gasteiger partial charge on any atom is -0.337 e. The third kappa shape index (κ3) is 4.41. The van der Waals surface area contributed by atoms with Crippen LogP contribution >= 0.6 is 43.2 Å². The molecule has 0 bridgehead atoms.